The second kappa shape index (κ2) is 7.30. The van der Waals surface area contributed by atoms with Gasteiger partial charge in [0.05, 0.1) is 0 Å². The zero-order valence-corrected chi connectivity index (χ0v) is 11.1. The Bertz CT molecular complexity index is 144. The van der Waals surface area contributed by atoms with E-state index in [2.05, 4.69) is 20.8 Å². The van der Waals surface area contributed by atoms with Gasteiger partial charge in [-0.1, -0.05) is 78.6 Å². The fourth-order valence-electron chi connectivity index (χ4n) is 3.22. The van der Waals surface area contributed by atoms with Crippen LogP contribution in [0.4, 0.5) is 0 Å². The molecule has 0 aromatic heterocycles. The molecule has 1 aliphatic rings. The molecule has 1 aliphatic carbocycles. The van der Waals surface area contributed by atoms with Crippen LogP contribution in [0.3, 0.4) is 0 Å². The highest BCUT2D eigenvalue weighted by Gasteiger charge is 2.21. The zero-order chi connectivity index (χ0) is 11.1. The minimum atomic E-state index is 0.999. The maximum atomic E-state index is 2.49. The van der Waals surface area contributed by atoms with Crippen LogP contribution in [-0.2, 0) is 0 Å². The van der Waals surface area contributed by atoms with Gasteiger partial charge in [0, 0.05) is 0 Å². The molecular weight excluding hydrogens is 180 g/mol. The van der Waals surface area contributed by atoms with E-state index < -0.39 is 0 Å². The predicted molar refractivity (Wildman–Crippen MR) is 69.0 cm³/mol. The maximum absolute atomic E-state index is 2.49. The summed E-state index contributed by atoms with van der Waals surface area (Å²) in [5.74, 6) is 3.08. The molecule has 90 valence electrons. The molecule has 0 amide bonds. The van der Waals surface area contributed by atoms with Crippen molar-refractivity contribution in [1.82, 2.24) is 0 Å². The van der Waals surface area contributed by atoms with Crippen molar-refractivity contribution in [2.75, 3.05) is 0 Å². The van der Waals surface area contributed by atoms with Gasteiger partial charge in [0.2, 0.25) is 0 Å². The third-order valence-corrected chi connectivity index (χ3v) is 4.51. The van der Waals surface area contributed by atoms with Gasteiger partial charge in [-0.05, 0) is 17.8 Å². The van der Waals surface area contributed by atoms with Gasteiger partial charge >= 0.3 is 0 Å². The lowest BCUT2D eigenvalue weighted by molar-refractivity contribution is 0.301. The highest BCUT2D eigenvalue weighted by molar-refractivity contribution is 4.73. The normalized spacial score (nSPS) is 21.8. The standard InChI is InChI=1S/C15H30/c1-4-8-14(5-2)12-11-13(3)15-9-6-7-10-15/h13-15H,4-12H2,1-3H3. The average Bonchev–Trinajstić information content (AvgIpc) is 2.77. The van der Waals surface area contributed by atoms with Crippen LogP contribution in [0.5, 0.6) is 0 Å². The van der Waals surface area contributed by atoms with Gasteiger partial charge in [-0.15, -0.1) is 0 Å². The average molecular weight is 210 g/mol. The molecule has 0 aromatic rings. The van der Waals surface area contributed by atoms with E-state index in [9.17, 15) is 0 Å². The fourth-order valence-corrected chi connectivity index (χ4v) is 3.22. The first-order valence-electron chi connectivity index (χ1n) is 7.27. The molecule has 0 nitrogen and oxygen atoms in total. The first-order valence-corrected chi connectivity index (χ1v) is 7.27. The monoisotopic (exact) mass is 210 g/mol. The summed E-state index contributed by atoms with van der Waals surface area (Å²) in [7, 11) is 0. The summed E-state index contributed by atoms with van der Waals surface area (Å²) in [6.07, 6.45) is 13.2. The van der Waals surface area contributed by atoms with Crippen molar-refractivity contribution in [2.24, 2.45) is 17.8 Å². The lowest BCUT2D eigenvalue weighted by atomic mass is 9.84. The van der Waals surface area contributed by atoms with Crippen molar-refractivity contribution in [3.8, 4) is 0 Å². The lowest BCUT2D eigenvalue weighted by Crippen LogP contribution is -2.10. The third-order valence-electron chi connectivity index (χ3n) is 4.51. The molecule has 0 bridgehead atoms. The summed E-state index contributed by atoms with van der Waals surface area (Å²) in [5.41, 5.74) is 0. The van der Waals surface area contributed by atoms with Gasteiger partial charge in [0.25, 0.3) is 0 Å². The van der Waals surface area contributed by atoms with Crippen molar-refractivity contribution in [1.29, 1.82) is 0 Å². The summed E-state index contributed by atoms with van der Waals surface area (Å²) in [5, 5.41) is 0. The highest BCUT2D eigenvalue weighted by Crippen LogP contribution is 2.34. The van der Waals surface area contributed by atoms with Crippen LogP contribution in [-0.4, -0.2) is 0 Å². The van der Waals surface area contributed by atoms with Crippen LogP contribution in [0.15, 0.2) is 0 Å². The Labute approximate surface area is 96.8 Å². The molecule has 1 fully saturated rings. The summed E-state index contributed by atoms with van der Waals surface area (Å²) in [4.78, 5) is 0. The Balaban J connectivity index is 2.16. The Morgan fingerprint density at radius 3 is 2.20 bits per heavy atom. The van der Waals surface area contributed by atoms with Gasteiger partial charge < -0.3 is 0 Å². The second-order valence-corrected chi connectivity index (χ2v) is 5.66. The van der Waals surface area contributed by atoms with Gasteiger partial charge in [-0.25, -0.2) is 0 Å². The Morgan fingerprint density at radius 1 is 1.00 bits per heavy atom. The topological polar surface area (TPSA) is 0 Å². The van der Waals surface area contributed by atoms with E-state index in [1.807, 2.05) is 0 Å². The lowest BCUT2D eigenvalue weighted by Gasteiger charge is -2.21. The molecule has 0 aromatic carbocycles. The SMILES string of the molecule is CCCC(CC)CCC(C)C1CCCC1. The Morgan fingerprint density at radius 2 is 1.67 bits per heavy atom. The molecule has 0 aliphatic heterocycles. The van der Waals surface area contributed by atoms with E-state index in [1.54, 1.807) is 0 Å². The van der Waals surface area contributed by atoms with E-state index in [1.165, 1.54) is 57.8 Å². The third kappa shape index (κ3) is 4.57. The Kier molecular flexibility index (Phi) is 6.36. The summed E-state index contributed by atoms with van der Waals surface area (Å²) >= 11 is 0. The van der Waals surface area contributed by atoms with Crippen molar-refractivity contribution in [3.63, 3.8) is 0 Å². The summed E-state index contributed by atoms with van der Waals surface area (Å²) in [6, 6.07) is 0. The van der Waals surface area contributed by atoms with Gasteiger partial charge in [-0.3, -0.25) is 0 Å². The highest BCUT2D eigenvalue weighted by atomic mass is 14.3. The Hall–Kier alpha value is 0. The molecule has 0 radical (unpaired) electrons. The molecular formula is C15H30. The van der Waals surface area contributed by atoms with Crippen molar-refractivity contribution in [2.45, 2.75) is 78.6 Å². The quantitative estimate of drug-likeness (QED) is 0.526. The van der Waals surface area contributed by atoms with Crippen LogP contribution in [0.1, 0.15) is 78.6 Å². The largest absolute Gasteiger partial charge is 0.0654 e. The van der Waals surface area contributed by atoms with E-state index in [4.69, 9.17) is 0 Å². The molecule has 0 N–H and O–H groups in total. The smallest absolute Gasteiger partial charge is 0.0388 e. The van der Waals surface area contributed by atoms with E-state index >= 15 is 0 Å². The van der Waals surface area contributed by atoms with Crippen molar-refractivity contribution >= 4 is 0 Å². The molecule has 1 saturated carbocycles. The van der Waals surface area contributed by atoms with E-state index in [0.29, 0.717) is 0 Å². The summed E-state index contributed by atoms with van der Waals surface area (Å²) in [6.45, 7) is 7.18. The molecule has 0 heterocycles. The molecule has 0 saturated heterocycles. The van der Waals surface area contributed by atoms with E-state index in [0.717, 1.165) is 17.8 Å². The first-order chi connectivity index (χ1) is 7.27. The molecule has 0 heteroatoms. The number of hydrogen-bond acceptors (Lipinski definition) is 0. The minimum Gasteiger partial charge on any atom is -0.0654 e. The van der Waals surface area contributed by atoms with Gasteiger partial charge in [0.1, 0.15) is 0 Å². The molecule has 0 spiro atoms. The zero-order valence-electron chi connectivity index (χ0n) is 11.1. The first kappa shape index (κ1) is 13.1. The van der Waals surface area contributed by atoms with Gasteiger partial charge in [0.15, 0.2) is 0 Å². The molecule has 2 unspecified atom stereocenters. The summed E-state index contributed by atoms with van der Waals surface area (Å²) < 4.78 is 0. The number of rotatable bonds is 7. The predicted octanol–water partition coefficient (Wildman–Crippen LogP) is 5.42. The van der Waals surface area contributed by atoms with Crippen LogP contribution in [0, 0.1) is 17.8 Å². The minimum absolute atomic E-state index is 0.999. The number of hydrogen-bond donors (Lipinski definition) is 0. The van der Waals surface area contributed by atoms with E-state index in [-0.39, 0.29) is 0 Å². The van der Waals surface area contributed by atoms with Crippen LogP contribution >= 0.6 is 0 Å². The maximum Gasteiger partial charge on any atom is -0.0388 e. The van der Waals surface area contributed by atoms with Crippen molar-refractivity contribution in [3.05, 3.63) is 0 Å². The van der Waals surface area contributed by atoms with Crippen LogP contribution in [0.2, 0.25) is 0 Å². The molecule has 15 heavy (non-hydrogen) atoms. The van der Waals surface area contributed by atoms with Crippen LogP contribution in [0.25, 0.3) is 0 Å². The van der Waals surface area contributed by atoms with Crippen molar-refractivity contribution < 1.29 is 0 Å². The fraction of sp³-hybridized carbons (Fsp3) is 1.00. The van der Waals surface area contributed by atoms with Gasteiger partial charge in [-0.2, -0.15) is 0 Å². The molecule has 1 rings (SSSR count). The molecule has 2 atom stereocenters. The second-order valence-electron chi connectivity index (χ2n) is 5.66. The van der Waals surface area contributed by atoms with Crippen LogP contribution < -0.4 is 0 Å².